The van der Waals surface area contributed by atoms with Crippen molar-refractivity contribution in [1.82, 2.24) is 14.5 Å². The molecule has 0 N–H and O–H groups in total. The number of benzene rings is 1. The van der Waals surface area contributed by atoms with Crippen molar-refractivity contribution in [2.45, 2.75) is 13.1 Å². The van der Waals surface area contributed by atoms with E-state index in [-0.39, 0.29) is 18.3 Å². The van der Waals surface area contributed by atoms with Gasteiger partial charge in [-0.05, 0) is 24.3 Å². The zero-order chi connectivity index (χ0) is 13.9. The van der Waals surface area contributed by atoms with E-state index in [2.05, 4.69) is 4.98 Å². The summed E-state index contributed by atoms with van der Waals surface area (Å²) in [5, 5.41) is 0. The maximum Gasteiger partial charge on any atom is 0.260 e. The Morgan fingerprint density at radius 3 is 2.90 bits per heavy atom. The van der Waals surface area contributed by atoms with Gasteiger partial charge in [0, 0.05) is 25.5 Å². The minimum Gasteiger partial charge on any atom is -0.484 e. The van der Waals surface area contributed by atoms with Gasteiger partial charge in [0.1, 0.15) is 17.4 Å². The molecule has 6 heteroatoms. The van der Waals surface area contributed by atoms with Gasteiger partial charge in [-0.3, -0.25) is 4.79 Å². The van der Waals surface area contributed by atoms with Gasteiger partial charge in [0.2, 0.25) is 0 Å². The molecule has 2 aromatic rings. The van der Waals surface area contributed by atoms with Crippen LogP contribution in [0.25, 0.3) is 0 Å². The van der Waals surface area contributed by atoms with Crippen LogP contribution in [0.5, 0.6) is 5.75 Å². The Labute approximate surface area is 115 Å². The molecule has 0 atom stereocenters. The summed E-state index contributed by atoms with van der Waals surface area (Å²) in [4.78, 5) is 18.0. The molecule has 1 amide bonds. The second-order valence-electron chi connectivity index (χ2n) is 4.59. The standard InChI is InChI=1S/C14H14FN3O2/c15-11-1-3-12(4-2-11)20-10-14(19)18-8-7-17-6-5-16-13(17)9-18/h1-6H,7-10H2. The second kappa shape index (κ2) is 5.32. The lowest BCUT2D eigenvalue weighted by molar-refractivity contribution is -0.134. The third-order valence-corrected chi connectivity index (χ3v) is 3.27. The van der Waals surface area contributed by atoms with E-state index in [1.165, 1.54) is 24.3 Å². The lowest BCUT2D eigenvalue weighted by Gasteiger charge is -2.27. The highest BCUT2D eigenvalue weighted by Gasteiger charge is 2.21. The van der Waals surface area contributed by atoms with Gasteiger partial charge in [0.25, 0.3) is 5.91 Å². The molecule has 5 nitrogen and oxygen atoms in total. The fraction of sp³-hybridized carbons (Fsp3) is 0.286. The van der Waals surface area contributed by atoms with Gasteiger partial charge in [0.15, 0.2) is 6.61 Å². The second-order valence-corrected chi connectivity index (χ2v) is 4.59. The van der Waals surface area contributed by atoms with Gasteiger partial charge in [0.05, 0.1) is 6.54 Å². The van der Waals surface area contributed by atoms with Gasteiger partial charge in [-0.15, -0.1) is 0 Å². The van der Waals surface area contributed by atoms with Crippen molar-refractivity contribution in [3.05, 3.63) is 48.3 Å². The lowest BCUT2D eigenvalue weighted by Crippen LogP contribution is -2.40. The van der Waals surface area contributed by atoms with Gasteiger partial charge in [-0.1, -0.05) is 0 Å². The first-order chi connectivity index (χ1) is 9.72. The molecule has 0 radical (unpaired) electrons. The summed E-state index contributed by atoms with van der Waals surface area (Å²) in [7, 11) is 0. The van der Waals surface area contributed by atoms with Crippen LogP contribution in [0.15, 0.2) is 36.7 Å². The quantitative estimate of drug-likeness (QED) is 0.851. The Morgan fingerprint density at radius 1 is 1.30 bits per heavy atom. The molecule has 1 aliphatic rings. The van der Waals surface area contributed by atoms with Crippen molar-refractivity contribution in [1.29, 1.82) is 0 Å². The predicted molar refractivity (Wildman–Crippen MR) is 69.5 cm³/mol. The molecule has 0 fully saturated rings. The van der Waals surface area contributed by atoms with Gasteiger partial charge < -0.3 is 14.2 Å². The molecular formula is C14H14FN3O2. The summed E-state index contributed by atoms with van der Waals surface area (Å²) in [5.74, 6) is 0.944. The maximum atomic E-state index is 12.7. The highest BCUT2D eigenvalue weighted by Crippen LogP contribution is 2.13. The molecule has 0 spiro atoms. The average Bonchev–Trinajstić information content (AvgIpc) is 2.93. The Bertz CT molecular complexity index is 609. The number of amides is 1. The largest absolute Gasteiger partial charge is 0.484 e. The summed E-state index contributed by atoms with van der Waals surface area (Å²) in [6, 6.07) is 5.62. The first-order valence-electron chi connectivity index (χ1n) is 6.38. The summed E-state index contributed by atoms with van der Waals surface area (Å²) in [6.07, 6.45) is 3.64. The zero-order valence-corrected chi connectivity index (χ0v) is 10.8. The molecule has 20 heavy (non-hydrogen) atoms. The number of hydrogen-bond acceptors (Lipinski definition) is 3. The molecule has 0 unspecified atom stereocenters. The smallest absolute Gasteiger partial charge is 0.260 e. The van der Waals surface area contributed by atoms with E-state index in [4.69, 9.17) is 4.74 Å². The van der Waals surface area contributed by atoms with E-state index in [9.17, 15) is 9.18 Å². The third-order valence-electron chi connectivity index (χ3n) is 3.27. The number of nitrogens with zero attached hydrogens (tertiary/aromatic N) is 3. The minimum absolute atomic E-state index is 0.0493. The summed E-state index contributed by atoms with van der Waals surface area (Å²) < 4.78 is 20.1. The van der Waals surface area contributed by atoms with Crippen LogP contribution in [0.2, 0.25) is 0 Å². The monoisotopic (exact) mass is 275 g/mol. The summed E-state index contributed by atoms with van der Waals surface area (Å²) in [5.41, 5.74) is 0. The van der Waals surface area contributed by atoms with E-state index in [1.54, 1.807) is 11.1 Å². The number of hydrogen-bond donors (Lipinski definition) is 0. The predicted octanol–water partition coefficient (Wildman–Crippen LogP) is 1.44. The highest BCUT2D eigenvalue weighted by atomic mass is 19.1. The molecule has 0 saturated carbocycles. The number of halogens is 1. The number of fused-ring (bicyclic) bond motifs is 1. The Morgan fingerprint density at radius 2 is 2.10 bits per heavy atom. The van der Waals surface area contributed by atoms with E-state index in [1.807, 2.05) is 10.8 Å². The minimum atomic E-state index is -0.327. The van der Waals surface area contributed by atoms with Crippen molar-refractivity contribution in [3.63, 3.8) is 0 Å². The molecule has 1 aromatic heterocycles. The lowest BCUT2D eigenvalue weighted by atomic mass is 10.3. The average molecular weight is 275 g/mol. The van der Waals surface area contributed by atoms with Crippen LogP contribution in [-0.2, 0) is 17.9 Å². The van der Waals surface area contributed by atoms with Crippen molar-refractivity contribution >= 4 is 5.91 Å². The number of carbonyl (C=O) groups is 1. The van der Waals surface area contributed by atoms with E-state index >= 15 is 0 Å². The number of imidazole rings is 1. The third kappa shape index (κ3) is 2.64. The first kappa shape index (κ1) is 12.7. The summed E-state index contributed by atoms with van der Waals surface area (Å²) >= 11 is 0. The van der Waals surface area contributed by atoms with Gasteiger partial charge in [-0.2, -0.15) is 0 Å². The van der Waals surface area contributed by atoms with Crippen LogP contribution >= 0.6 is 0 Å². The zero-order valence-electron chi connectivity index (χ0n) is 10.8. The van der Waals surface area contributed by atoms with Crippen LogP contribution in [0, 0.1) is 5.82 Å². The Kier molecular flexibility index (Phi) is 3.37. The number of ether oxygens (including phenoxy) is 1. The van der Waals surface area contributed by atoms with E-state index < -0.39 is 0 Å². The number of aromatic nitrogens is 2. The first-order valence-corrected chi connectivity index (χ1v) is 6.38. The maximum absolute atomic E-state index is 12.7. The van der Waals surface area contributed by atoms with Gasteiger partial charge in [-0.25, -0.2) is 9.37 Å². The molecule has 0 bridgehead atoms. The van der Waals surface area contributed by atoms with E-state index in [0.717, 1.165) is 12.4 Å². The highest BCUT2D eigenvalue weighted by molar-refractivity contribution is 5.77. The van der Waals surface area contributed by atoms with Gasteiger partial charge >= 0.3 is 0 Å². The number of carbonyl (C=O) groups excluding carboxylic acids is 1. The SMILES string of the molecule is O=C(COc1ccc(F)cc1)N1CCn2ccnc2C1. The van der Waals surface area contributed by atoms with Crippen molar-refractivity contribution < 1.29 is 13.9 Å². The molecule has 0 aliphatic carbocycles. The van der Waals surface area contributed by atoms with Crippen LogP contribution in [-0.4, -0.2) is 33.5 Å². The number of rotatable bonds is 3. The molecule has 104 valence electrons. The van der Waals surface area contributed by atoms with Crippen LogP contribution in [0.4, 0.5) is 4.39 Å². The fourth-order valence-corrected chi connectivity index (χ4v) is 2.15. The van der Waals surface area contributed by atoms with Crippen molar-refractivity contribution in [2.24, 2.45) is 0 Å². The molecule has 3 rings (SSSR count). The molecule has 0 saturated heterocycles. The molecule has 1 aromatic carbocycles. The van der Waals surface area contributed by atoms with Crippen molar-refractivity contribution in [3.8, 4) is 5.75 Å². The summed E-state index contributed by atoms with van der Waals surface area (Å²) in [6.45, 7) is 1.84. The van der Waals surface area contributed by atoms with Crippen molar-refractivity contribution in [2.75, 3.05) is 13.2 Å². The Hall–Kier alpha value is -2.37. The molecule has 2 heterocycles. The van der Waals surface area contributed by atoms with Crippen LogP contribution in [0.1, 0.15) is 5.82 Å². The molecule has 1 aliphatic heterocycles. The van der Waals surface area contributed by atoms with E-state index in [0.29, 0.717) is 18.8 Å². The molecular weight excluding hydrogens is 261 g/mol. The Balaban J connectivity index is 1.56. The normalized spacial score (nSPS) is 13.9. The van der Waals surface area contributed by atoms with Crippen LogP contribution in [0.3, 0.4) is 0 Å². The topological polar surface area (TPSA) is 47.4 Å². The van der Waals surface area contributed by atoms with Crippen LogP contribution < -0.4 is 4.74 Å². The fourth-order valence-electron chi connectivity index (χ4n) is 2.15.